The zero-order valence-electron chi connectivity index (χ0n) is 21.0. The summed E-state index contributed by atoms with van der Waals surface area (Å²) in [5.74, 6) is -0.589. The largest absolute Gasteiger partial charge is 0.366 e. The molecule has 0 spiro atoms. The first-order chi connectivity index (χ1) is 17.0. The summed E-state index contributed by atoms with van der Waals surface area (Å²) >= 11 is 0. The van der Waals surface area contributed by atoms with Crippen molar-refractivity contribution in [3.63, 3.8) is 0 Å². The topological polar surface area (TPSA) is 107 Å². The maximum atomic E-state index is 15.6. The lowest BCUT2D eigenvalue weighted by Crippen LogP contribution is -2.33. The maximum Gasteiger partial charge on any atom is 0.251 e. The highest BCUT2D eigenvalue weighted by molar-refractivity contribution is 7.94. The molecule has 0 atom stereocenters. The number of aromatic nitrogens is 2. The second kappa shape index (κ2) is 8.87. The number of nitrogens with zero attached hydrogens (tertiary/aromatic N) is 2. The lowest BCUT2D eigenvalue weighted by molar-refractivity contribution is 0.100. The standard InChI is InChI=1S/C27H33FN4O3S/c1-27(2,3)36(34,35)31-22-12-11-17(15-30-22)25-24(26(29)33)23-20(28)13-18(16-9-10-16)14-21(23)32(25)19-7-5-4-6-8-19/h11-16,19H,4-10H2,1-3H3,(H2,29,33)(H,30,31). The van der Waals surface area contributed by atoms with E-state index in [0.29, 0.717) is 22.7 Å². The van der Waals surface area contributed by atoms with Crippen LogP contribution in [0.25, 0.3) is 22.2 Å². The van der Waals surface area contributed by atoms with Crippen LogP contribution in [0, 0.1) is 5.82 Å². The molecule has 3 aromatic rings. The Kier molecular flexibility index (Phi) is 6.09. The van der Waals surface area contributed by atoms with Gasteiger partial charge in [-0.1, -0.05) is 19.3 Å². The molecule has 2 aromatic heterocycles. The predicted octanol–water partition coefficient (Wildman–Crippen LogP) is 5.86. The third-order valence-electron chi connectivity index (χ3n) is 7.40. The Labute approximate surface area is 211 Å². The highest BCUT2D eigenvalue weighted by atomic mass is 32.2. The van der Waals surface area contributed by atoms with Crippen molar-refractivity contribution in [3.8, 4) is 11.3 Å². The minimum absolute atomic E-state index is 0.109. The fourth-order valence-corrected chi connectivity index (χ4v) is 5.89. The van der Waals surface area contributed by atoms with Gasteiger partial charge in [-0.3, -0.25) is 9.52 Å². The second-order valence-electron chi connectivity index (χ2n) is 11.1. The van der Waals surface area contributed by atoms with Crippen LogP contribution in [0.3, 0.4) is 0 Å². The molecule has 0 radical (unpaired) electrons. The molecule has 2 saturated carbocycles. The molecule has 36 heavy (non-hydrogen) atoms. The zero-order chi connectivity index (χ0) is 25.8. The van der Waals surface area contributed by atoms with E-state index in [2.05, 4.69) is 14.3 Å². The number of anilines is 1. The number of carbonyl (C=O) groups excluding carboxylic acids is 1. The summed E-state index contributed by atoms with van der Waals surface area (Å²) in [4.78, 5) is 17.1. The highest BCUT2D eigenvalue weighted by Crippen LogP contribution is 2.46. The molecule has 3 N–H and O–H groups in total. The first-order valence-corrected chi connectivity index (χ1v) is 14.1. The molecule has 0 aliphatic heterocycles. The average molecular weight is 513 g/mol. The first-order valence-electron chi connectivity index (χ1n) is 12.6. The molecule has 2 aliphatic carbocycles. The van der Waals surface area contributed by atoms with Crippen molar-refractivity contribution in [1.29, 1.82) is 0 Å². The number of sulfonamides is 1. The summed E-state index contributed by atoms with van der Waals surface area (Å²) in [6, 6.07) is 6.97. The van der Waals surface area contributed by atoms with E-state index in [1.165, 1.54) is 6.20 Å². The number of pyridine rings is 1. The van der Waals surface area contributed by atoms with Crippen LogP contribution in [0.1, 0.15) is 93.6 Å². The van der Waals surface area contributed by atoms with Crippen molar-refractivity contribution in [1.82, 2.24) is 9.55 Å². The van der Waals surface area contributed by atoms with Crippen molar-refractivity contribution < 1.29 is 17.6 Å². The zero-order valence-corrected chi connectivity index (χ0v) is 21.8. The number of benzene rings is 1. The number of amides is 1. The van der Waals surface area contributed by atoms with Gasteiger partial charge in [0.1, 0.15) is 11.6 Å². The predicted molar refractivity (Wildman–Crippen MR) is 140 cm³/mol. The van der Waals surface area contributed by atoms with Gasteiger partial charge in [0.25, 0.3) is 5.91 Å². The van der Waals surface area contributed by atoms with Gasteiger partial charge in [0.05, 0.1) is 21.5 Å². The quantitative estimate of drug-likeness (QED) is 0.431. The fraction of sp³-hybridized carbons (Fsp3) is 0.481. The highest BCUT2D eigenvalue weighted by Gasteiger charge is 2.33. The number of halogens is 1. The monoisotopic (exact) mass is 512 g/mol. The van der Waals surface area contributed by atoms with Crippen LogP contribution in [0.15, 0.2) is 30.5 Å². The van der Waals surface area contributed by atoms with Crippen LogP contribution >= 0.6 is 0 Å². The molecular weight excluding hydrogens is 479 g/mol. The van der Waals surface area contributed by atoms with Gasteiger partial charge in [0.15, 0.2) is 0 Å². The van der Waals surface area contributed by atoms with Crippen LogP contribution in [0.4, 0.5) is 10.2 Å². The van der Waals surface area contributed by atoms with Gasteiger partial charge in [0, 0.05) is 23.2 Å². The maximum absolute atomic E-state index is 15.6. The minimum Gasteiger partial charge on any atom is -0.366 e. The number of carbonyl (C=O) groups is 1. The van der Waals surface area contributed by atoms with Crippen LogP contribution in [-0.4, -0.2) is 28.6 Å². The van der Waals surface area contributed by atoms with E-state index in [1.54, 1.807) is 39.0 Å². The summed E-state index contributed by atoms with van der Waals surface area (Å²) in [6.45, 7) is 4.82. The fourth-order valence-electron chi connectivity index (χ4n) is 5.19. The smallest absolute Gasteiger partial charge is 0.251 e. The van der Waals surface area contributed by atoms with E-state index in [0.717, 1.165) is 50.5 Å². The third kappa shape index (κ3) is 4.38. The molecule has 2 aliphatic rings. The van der Waals surface area contributed by atoms with Crippen LogP contribution in [0.2, 0.25) is 0 Å². The number of hydrogen-bond donors (Lipinski definition) is 2. The molecule has 0 unspecified atom stereocenters. The SMILES string of the molecule is CC(C)(C)S(=O)(=O)Nc1ccc(-c2c(C(N)=O)c3c(F)cc(C4CC4)cc3n2C2CCCCC2)cn1. The van der Waals surface area contributed by atoms with E-state index in [-0.39, 0.29) is 22.8 Å². The molecule has 5 rings (SSSR count). The van der Waals surface area contributed by atoms with E-state index in [1.807, 2.05) is 6.07 Å². The molecule has 2 fully saturated rings. The molecule has 2 heterocycles. The number of hydrogen-bond acceptors (Lipinski definition) is 4. The number of primary amides is 1. The molecular formula is C27H33FN4O3S. The number of nitrogens with two attached hydrogens (primary N) is 1. The van der Waals surface area contributed by atoms with E-state index in [9.17, 15) is 13.2 Å². The number of nitrogens with one attached hydrogen (secondary N) is 1. The van der Waals surface area contributed by atoms with Crippen molar-refractivity contribution >= 4 is 32.7 Å². The Hall–Kier alpha value is -2.94. The summed E-state index contributed by atoms with van der Waals surface area (Å²) in [5, 5.41) is 0.255. The summed E-state index contributed by atoms with van der Waals surface area (Å²) < 4.78 is 44.3. The Morgan fingerprint density at radius 1 is 1.11 bits per heavy atom. The van der Waals surface area contributed by atoms with Crippen molar-refractivity contribution in [3.05, 3.63) is 47.4 Å². The number of fused-ring (bicyclic) bond motifs is 1. The van der Waals surface area contributed by atoms with Gasteiger partial charge in [-0.15, -0.1) is 0 Å². The van der Waals surface area contributed by atoms with Crippen LogP contribution in [0.5, 0.6) is 0 Å². The van der Waals surface area contributed by atoms with Gasteiger partial charge >= 0.3 is 0 Å². The van der Waals surface area contributed by atoms with E-state index < -0.39 is 26.5 Å². The van der Waals surface area contributed by atoms with Crippen molar-refractivity contribution in [2.45, 2.75) is 82.4 Å². The number of rotatable bonds is 6. The van der Waals surface area contributed by atoms with Gasteiger partial charge in [-0.05, 0) is 82.2 Å². The molecule has 192 valence electrons. The molecule has 0 bridgehead atoms. The van der Waals surface area contributed by atoms with Crippen LogP contribution in [-0.2, 0) is 10.0 Å². The molecule has 1 aromatic carbocycles. The normalized spacial score (nSPS) is 17.4. The third-order valence-corrected chi connectivity index (χ3v) is 9.49. The van der Waals surface area contributed by atoms with Crippen molar-refractivity contribution in [2.75, 3.05) is 4.72 Å². The van der Waals surface area contributed by atoms with Gasteiger partial charge in [-0.25, -0.2) is 17.8 Å². The molecule has 1 amide bonds. The first kappa shape index (κ1) is 24.7. The summed E-state index contributed by atoms with van der Waals surface area (Å²) in [6.07, 6.45) is 8.75. The molecule has 7 nitrogen and oxygen atoms in total. The Bertz CT molecular complexity index is 1430. The van der Waals surface area contributed by atoms with E-state index in [4.69, 9.17) is 5.73 Å². The minimum atomic E-state index is -3.65. The Morgan fingerprint density at radius 2 is 1.81 bits per heavy atom. The van der Waals surface area contributed by atoms with Crippen molar-refractivity contribution in [2.24, 2.45) is 5.73 Å². The van der Waals surface area contributed by atoms with Crippen LogP contribution < -0.4 is 10.5 Å². The summed E-state index contributed by atoms with van der Waals surface area (Å²) in [7, 11) is -3.65. The molecule has 9 heteroatoms. The molecule has 0 saturated heterocycles. The Balaban J connectivity index is 1.69. The van der Waals surface area contributed by atoms with Gasteiger partial charge < -0.3 is 10.3 Å². The average Bonchev–Trinajstić information content (AvgIpc) is 3.60. The second-order valence-corrected chi connectivity index (χ2v) is 13.5. The van der Waals surface area contributed by atoms with Gasteiger partial charge in [0.2, 0.25) is 10.0 Å². The van der Waals surface area contributed by atoms with Gasteiger partial charge in [-0.2, -0.15) is 0 Å². The summed E-state index contributed by atoms with van der Waals surface area (Å²) in [5.41, 5.74) is 8.83. The Morgan fingerprint density at radius 3 is 2.36 bits per heavy atom. The van der Waals surface area contributed by atoms with E-state index >= 15 is 4.39 Å². The lowest BCUT2D eigenvalue weighted by Gasteiger charge is -2.27. The lowest BCUT2D eigenvalue weighted by atomic mass is 9.94.